The number of hydrogen-bond acceptors (Lipinski definition) is 5. The predicted molar refractivity (Wildman–Crippen MR) is 101 cm³/mol. The smallest absolute Gasteiger partial charge is 0.257 e. The first-order valence-corrected chi connectivity index (χ1v) is 9.13. The van der Waals surface area contributed by atoms with Crippen molar-refractivity contribution in [2.75, 3.05) is 13.1 Å². The van der Waals surface area contributed by atoms with Gasteiger partial charge in [-0.3, -0.25) is 14.5 Å². The van der Waals surface area contributed by atoms with Gasteiger partial charge in [0.25, 0.3) is 5.91 Å². The van der Waals surface area contributed by atoms with Crippen LogP contribution in [0.25, 0.3) is 11.1 Å². The van der Waals surface area contributed by atoms with Crippen LogP contribution in [0.15, 0.2) is 43.2 Å². The van der Waals surface area contributed by atoms with E-state index in [0.29, 0.717) is 12.1 Å². The summed E-state index contributed by atoms with van der Waals surface area (Å²) in [6, 6.07) is 3.93. The van der Waals surface area contributed by atoms with E-state index in [1.807, 2.05) is 37.2 Å². The van der Waals surface area contributed by atoms with Crippen LogP contribution >= 0.6 is 0 Å². The Kier molecular flexibility index (Phi) is 4.66. The van der Waals surface area contributed by atoms with Gasteiger partial charge in [-0.05, 0) is 37.5 Å². The predicted octanol–water partition coefficient (Wildman–Crippen LogP) is 2.60. The third kappa shape index (κ3) is 3.32. The van der Waals surface area contributed by atoms with Gasteiger partial charge in [-0.25, -0.2) is 9.97 Å². The van der Waals surface area contributed by atoms with Crippen molar-refractivity contribution in [1.29, 1.82) is 0 Å². The van der Waals surface area contributed by atoms with Crippen LogP contribution in [0.1, 0.15) is 40.5 Å². The zero-order valence-corrected chi connectivity index (χ0v) is 15.5. The normalized spacial score (nSPS) is 17.1. The van der Waals surface area contributed by atoms with Gasteiger partial charge < -0.3 is 4.90 Å². The summed E-state index contributed by atoms with van der Waals surface area (Å²) < 4.78 is 1.74. The summed E-state index contributed by atoms with van der Waals surface area (Å²) >= 11 is 0. The standard InChI is InChI=1S/C20H22N6O/c1-14-17(11-24-25(14)2)20(27)26-9-3-4-16(12-26)19-18(10-22-13-23-19)15-5-7-21-8-6-15/h5-8,10-11,13,16H,3-4,9,12H2,1-2H3. The molecule has 7 heteroatoms. The van der Waals surface area contributed by atoms with Gasteiger partial charge in [-0.1, -0.05) is 0 Å². The van der Waals surface area contributed by atoms with Gasteiger partial charge in [0.2, 0.25) is 0 Å². The molecule has 0 aromatic carbocycles. The van der Waals surface area contributed by atoms with Crippen LogP contribution in [0.4, 0.5) is 0 Å². The van der Waals surface area contributed by atoms with E-state index in [4.69, 9.17) is 0 Å². The Morgan fingerprint density at radius 1 is 1.19 bits per heavy atom. The third-order valence-electron chi connectivity index (χ3n) is 5.30. The Labute approximate surface area is 158 Å². The lowest BCUT2D eigenvalue weighted by atomic mass is 9.90. The summed E-state index contributed by atoms with van der Waals surface area (Å²) in [4.78, 5) is 27.8. The number of rotatable bonds is 3. The Balaban J connectivity index is 1.61. The van der Waals surface area contributed by atoms with E-state index in [1.165, 1.54) is 0 Å². The lowest BCUT2D eigenvalue weighted by Gasteiger charge is -2.33. The molecule has 0 aliphatic carbocycles. The highest BCUT2D eigenvalue weighted by atomic mass is 16.2. The number of pyridine rings is 1. The van der Waals surface area contributed by atoms with E-state index in [-0.39, 0.29) is 11.8 Å². The van der Waals surface area contributed by atoms with Crippen molar-refractivity contribution < 1.29 is 4.79 Å². The van der Waals surface area contributed by atoms with Gasteiger partial charge in [-0.2, -0.15) is 5.10 Å². The highest BCUT2D eigenvalue weighted by Crippen LogP contribution is 2.32. The molecule has 1 amide bonds. The van der Waals surface area contributed by atoms with Crippen LogP contribution in [0, 0.1) is 6.92 Å². The number of aromatic nitrogens is 5. The van der Waals surface area contributed by atoms with Gasteiger partial charge in [0.1, 0.15) is 6.33 Å². The summed E-state index contributed by atoms with van der Waals surface area (Å²) in [5, 5.41) is 4.21. The van der Waals surface area contributed by atoms with Gasteiger partial charge in [0, 0.05) is 55.9 Å². The van der Waals surface area contributed by atoms with E-state index >= 15 is 0 Å². The van der Waals surface area contributed by atoms with Crippen molar-refractivity contribution in [3.63, 3.8) is 0 Å². The number of nitrogens with zero attached hydrogens (tertiary/aromatic N) is 6. The Hall–Kier alpha value is -3.09. The van der Waals surface area contributed by atoms with Crippen molar-refractivity contribution in [3.8, 4) is 11.1 Å². The lowest BCUT2D eigenvalue weighted by Crippen LogP contribution is -2.39. The van der Waals surface area contributed by atoms with E-state index in [1.54, 1.807) is 29.6 Å². The second-order valence-electron chi connectivity index (χ2n) is 6.92. The minimum absolute atomic E-state index is 0.0461. The Morgan fingerprint density at radius 2 is 2.00 bits per heavy atom. The second-order valence-corrected chi connectivity index (χ2v) is 6.92. The van der Waals surface area contributed by atoms with Crippen LogP contribution in [-0.4, -0.2) is 48.6 Å². The molecule has 138 valence electrons. The molecule has 1 saturated heterocycles. The molecule has 0 bridgehead atoms. The van der Waals surface area contributed by atoms with Crippen molar-refractivity contribution in [2.45, 2.75) is 25.7 Å². The van der Waals surface area contributed by atoms with Gasteiger partial charge in [0.05, 0.1) is 17.5 Å². The quantitative estimate of drug-likeness (QED) is 0.716. The summed E-state index contributed by atoms with van der Waals surface area (Å²) in [6.07, 6.45) is 10.6. The number of aryl methyl sites for hydroxylation is 1. The third-order valence-corrected chi connectivity index (χ3v) is 5.30. The zero-order chi connectivity index (χ0) is 18.8. The van der Waals surface area contributed by atoms with Crippen LogP contribution in [0.2, 0.25) is 0 Å². The van der Waals surface area contributed by atoms with E-state index in [9.17, 15) is 4.79 Å². The molecular weight excluding hydrogens is 340 g/mol. The minimum atomic E-state index is 0.0461. The number of hydrogen-bond donors (Lipinski definition) is 0. The maximum atomic E-state index is 13.0. The molecule has 0 N–H and O–H groups in total. The van der Waals surface area contributed by atoms with Crippen LogP contribution in [0.3, 0.4) is 0 Å². The summed E-state index contributed by atoms with van der Waals surface area (Å²) in [7, 11) is 1.85. The van der Waals surface area contributed by atoms with Gasteiger partial charge in [0.15, 0.2) is 0 Å². The second kappa shape index (κ2) is 7.26. The first kappa shape index (κ1) is 17.3. The molecule has 0 radical (unpaired) electrons. The molecule has 1 fully saturated rings. The molecule has 0 saturated carbocycles. The monoisotopic (exact) mass is 362 g/mol. The van der Waals surface area contributed by atoms with E-state index < -0.39 is 0 Å². The molecule has 4 heterocycles. The van der Waals surface area contributed by atoms with Gasteiger partial charge in [-0.15, -0.1) is 0 Å². The fourth-order valence-corrected chi connectivity index (χ4v) is 3.68. The molecule has 1 aliphatic rings. The first-order valence-electron chi connectivity index (χ1n) is 9.13. The molecule has 3 aromatic rings. The maximum Gasteiger partial charge on any atom is 0.257 e. The van der Waals surface area contributed by atoms with Crippen LogP contribution in [-0.2, 0) is 7.05 Å². The molecule has 7 nitrogen and oxygen atoms in total. The first-order chi connectivity index (χ1) is 13.1. The SMILES string of the molecule is Cc1c(C(=O)N2CCCC(c3ncncc3-c3ccncc3)C2)cnn1C. The lowest BCUT2D eigenvalue weighted by molar-refractivity contribution is 0.0705. The van der Waals surface area contributed by atoms with Gasteiger partial charge >= 0.3 is 0 Å². The molecule has 1 unspecified atom stereocenters. The fourth-order valence-electron chi connectivity index (χ4n) is 3.68. The van der Waals surface area contributed by atoms with Crippen molar-refractivity contribution in [1.82, 2.24) is 29.6 Å². The largest absolute Gasteiger partial charge is 0.338 e. The summed E-state index contributed by atoms with van der Waals surface area (Å²) in [6.45, 7) is 3.34. The summed E-state index contributed by atoms with van der Waals surface area (Å²) in [5.41, 5.74) is 4.62. The maximum absolute atomic E-state index is 13.0. The molecule has 1 atom stereocenters. The Morgan fingerprint density at radius 3 is 2.74 bits per heavy atom. The molecule has 4 rings (SSSR count). The number of amides is 1. The number of piperidine rings is 1. The highest BCUT2D eigenvalue weighted by Gasteiger charge is 2.29. The molecule has 27 heavy (non-hydrogen) atoms. The zero-order valence-electron chi connectivity index (χ0n) is 15.5. The topological polar surface area (TPSA) is 76.8 Å². The highest BCUT2D eigenvalue weighted by molar-refractivity contribution is 5.95. The fraction of sp³-hybridized carbons (Fsp3) is 0.350. The van der Waals surface area contributed by atoms with E-state index in [0.717, 1.165) is 41.9 Å². The van der Waals surface area contributed by atoms with Crippen LogP contribution in [0.5, 0.6) is 0 Å². The van der Waals surface area contributed by atoms with Crippen molar-refractivity contribution in [2.24, 2.45) is 7.05 Å². The molecule has 1 aliphatic heterocycles. The van der Waals surface area contributed by atoms with Crippen molar-refractivity contribution >= 4 is 5.91 Å². The summed E-state index contributed by atoms with van der Waals surface area (Å²) in [5.74, 6) is 0.232. The van der Waals surface area contributed by atoms with Crippen LogP contribution < -0.4 is 0 Å². The molecule has 0 spiro atoms. The average molecular weight is 362 g/mol. The number of likely N-dealkylation sites (tertiary alicyclic amines) is 1. The minimum Gasteiger partial charge on any atom is -0.338 e. The van der Waals surface area contributed by atoms with Crippen molar-refractivity contribution in [3.05, 3.63) is 60.2 Å². The molecule has 3 aromatic heterocycles. The Bertz CT molecular complexity index is 952. The number of carbonyl (C=O) groups is 1. The molecular formula is C20H22N6O. The number of carbonyl (C=O) groups excluding carboxylic acids is 1. The average Bonchev–Trinajstić information content (AvgIpc) is 3.07. The van der Waals surface area contributed by atoms with E-state index in [2.05, 4.69) is 20.1 Å².